The molecule has 2 rings (SSSR count). The van der Waals surface area contributed by atoms with Crippen LogP contribution < -0.4 is 0 Å². The van der Waals surface area contributed by atoms with Crippen molar-refractivity contribution >= 4 is 5.97 Å². The van der Waals surface area contributed by atoms with Crippen LogP contribution in [-0.2, 0) is 4.79 Å². The van der Waals surface area contributed by atoms with E-state index in [1.165, 1.54) is 11.1 Å². The summed E-state index contributed by atoms with van der Waals surface area (Å²) in [6, 6.07) is 14.3. The molecule has 1 atom stereocenters. The van der Waals surface area contributed by atoms with Crippen LogP contribution >= 0.6 is 0 Å². The number of aliphatic carboxylic acids is 1. The van der Waals surface area contributed by atoms with Crippen LogP contribution in [0.2, 0.25) is 0 Å². The minimum absolute atomic E-state index is 0.0892. The van der Waals surface area contributed by atoms with Gasteiger partial charge in [-0.05, 0) is 37.5 Å². The summed E-state index contributed by atoms with van der Waals surface area (Å²) in [5.41, 5.74) is 5.69. The van der Waals surface area contributed by atoms with Crippen LogP contribution in [0.5, 0.6) is 0 Å². The van der Waals surface area contributed by atoms with Gasteiger partial charge >= 0.3 is 5.97 Å². The number of hydrogen-bond acceptors (Lipinski definition) is 1. The molecular formula is C18H20O2. The van der Waals surface area contributed by atoms with Crippen LogP contribution in [0.3, 0.4) is 0 Å². The highest BCUT2D eigenvalue weighted by atomic mass is 16.4. The van der Waals surface area contributed by atoms with Gasteiger partial charge in [0.25, 0.3) is 0 Å². The van der Waals surface area contributed by atoms with Gasteiger partial charge < -0.3 is 5.11 Å². The van der Waals surface area contributed by atoms with Crippen LogP contribution in [0, 0.1) is 20.8 Å². The molecule has 1 unspecified atom stereocenters. The Morgan fingerprint density at radius 1 is 1.00 bits per heavy atom. The Hall–Kier alpha value is -2.09. The second-order valence-electron chi connectivity index (χ2n) is 5.42. The van der Waals surface area contributed by atoms with E-state index >= 15 is 0 Å². The molecule has 0 spiro atoms. The quantitative estimate of drug-likeness (QED) is 0.901. The smallest absolute Gasteiger partial charge is 0.304 e. The topological polar surface area (TPSA) is 37.3 Å². The Labute approximate surface area is 120 Å². The third kappa shape index (κ3) is 3.27. The van der Waals surface area contributed by atoms with Crippen molar-refractivity contribution in [3.63, 3.8) is 0 Å². The second-order valence-corrected chi connectivity index (χ2v) is 5.42. The largest absolute Gasteiger partial charge is 0.481 e. The van der Waals surface area contributed by atoms with Gasteiger partial charge in [0.1, 0.15) is 0 Å². The minimum Gasteiger partial charge on any atom is -0.481 e. The Balaban J connectivity index is 2.46. The van der Waals surface area contributed by atoms with E-state index < -0.39 is 5.97 Å². The fourth-order valence-electron chi connectivity index (χ4n) is 2.60. The zero-order chi connectivity index (χ0) is 14.7. The number of rotatable bonds is 4. The van der Waals surface area contributed by atoms with Gasteiger partial charge in [0.2, 0.25) is 0 Å². The average Bonchev–Trinajstić information content (AvgIpc) is 2.37. The van der Waals surface area contributed by atoms with Gasteiger partial charge in [-0.15, -0.1) is 0 Å². The van der Waals surface area contributed by atoms with Crippen LogP contribution in [0.15, 0.2) is 42.5 Å². The van der Waals surface area contributed by atoms with E-state index in [2.05, 4.69) is 19.1 Å². The van der Waals surface area contributed by atoms with Crippen molar-refractivity contribution in [3.05, 3.63) is 70.3 Å². The fraction of sp³-hybridized carbons (Fsp3) is 0.278. The van der Waals surface area contributed by atoms with E-state index in [9.17, 15) is 9.90 Å². The third-order valence-electron chi connectivity index (χ3n) is 3.66. The van der Waals surface area contributed by atoms with Gasteiger partial charge in [-0.1, -0.05) is 53.6 Å². The van der Waals surface area contributed by atoms with Crippen LogP contribution in [0.4, 0.5) is 0 Å². The zero-order valence-corrected chi connectivity index (χ0v) is 12.2. The molecule has 0 aromatic heterocycles. The lowest BCUT2D eigenvalue weighted by Crippen LogP contribution is -2.09. The summed E-state index contributed by atoms with van der Waals surface area (Å²) in [4.78, 5) is 11.2. The number of carboxylic acid groups (broad SMARTS) is 1. The standard InChI is InChI=1S/C18H20O2/c1-12-4-7-15(8-5-12)17(11-18(19)20)16-9-6-13(2)10-14(16)3/h4-10,17H,11H2,1-3H3,(H,19,20). The molecule has 0 aliphatic heterocycles. The van der Waals surface area contributed by atoms with Gasteiger partial charge in [-0.25, -0.2) is 0 Å². The highest BCUT2D eigenvalue weighted by Crippen LogP contribution is 2.31. The molecular weight excluding hydrogens is 248 g/mol. The summed E-state index contributed by atoms with van der Waals surface area (Å²) in [6.45, 7) is 6.13. The maximum Gasteiger partial charge on any atom is 0.304 e. The number of carbonyl (C=O) groups is 1. The van der Waals surface area contributed by atoms with Crippen molar-refractivity contribution in [1.29, 1.82) is 0 Å². The van der Waals surface area contributed by atoms with E-state index in [4.69, 9.17) is 0 Å². The van der Waals surface area contributed by atoms with Crippen molar-refractivity contribution in [2.45, 2.75) is 33.1 Å². The highest BCUT2D eigenvalue weighted by molar-refractivity contribution is 5.69. The van der Waals surface area contributed by atoms with E-state index in [-0.39, 0.29) is 12.3 Å². The molecule has 0 amide bonds. The van der Waals surface area contributed by atoms with Gasteiger partial charge in [0.05, 0.1) is 6.42 Å². The summed E-state index contributed by atoms with van der Waals surface area (Å²) in [6.07, 6.45) is 0.118. The molecule has 2 nitrogen and oxygen atoms in total. The lowest BCUT2D eigenvalue weighted by atomic mass is 9.85. The number of carboxylic acids is 1. The lowest BCUT2D eigenvalue weighted by molar-refractivity contribution is -0.137. The first-order valence-electron chi connectivity index (χ1n) is 6.83. The molecule has 0 fully saturated rings. The summed E-state index contributed by atoms with van der Waals surface area (Å²) in [5, 5.41) is 9.21. The zero-order valence-electron chi connectivity index (χ0n) is 12.2. The SMILES string of the molecule is Cc1ccc(C(CC(=O)O)c2ccc(C)cc2C)cc1. The lowest BCUT2D eigenvalue weighted by Gasteiger charge is -2.19. The number of aryl methyl sites for hydroxylation is 3. The monoisotopic (exact) mass is 268 g/mol. The van der Waals surface area contributed by atoms with Crippen LogP contribution in [-0.4, -0.2) is 11.1 Å². The van der Waals surface area contributed by atoms with E-state index in [0.717, 1.165) is 16.7 Å². The second kappa shape index (κ2) is 5.91. The predicted molar refractivity (Wildman–Crippen MR) is 81.2 cm³/mol. The predicted octanol–water partition coefficient (Wildman–Crippen LogP) is 4.22. The van der Waals surface area contributed by atoms with Crippen molar-refractivity contribution in [2.75, 3.05) is 0 Å². The Bertz CT molecular complexity index is 612. The Morgan fingerprint density at radius 3 is 2.15 bits per heavy atom. The van der Waals surface area contributed by atoms with Gasteiger partial charge in [0.15, 0.2) is 0 Å². The summed E-state index contributed by atoms with van der Waals surface area (Å²) in [5.74, 6) is -0.857. The summed E-state index contributed by atoms with van der Waals surface area (Å²) in [7, 11) is 0. The first-order valence-corrected chi connectivity index (χ1v) is 6.83. The normalized spacial score (nSPS) is 12.2. The first-order chi connectivity index (χ1) is 9.47. The first kappa shape index (κ1) is 14.3. The molecule has 2 aromatic rings. The van der Waals surface area contributed by atoms with Crippen molar-refractivity contribution in [2.24, 2.45) is 0 Å². The molecule has 0 radical (unpaired) electrons. The van der Waals surface area contributed by atoms with Crippen LogP contribution in [0.1, 0.15) is 40.2 Å². The van der Waals surface area contributed by atoms with Gasteiger partial charge in [0, 0.05) is 5.92 Å². The van der Waals surface area contributed by atoms with E-state index in [0.29, 0.717) is 0 Å². The maximum absolute atomic E-state index is 11.2. The fourth-order valence-corrected chi connectivity index (χ4v) is 2.60. The molecule has 20 heavy (non-hydrogen) atoms. The maximum atomic E-state index is 11.2. The third-order valence-corrected chi connectivity index (χ3v) is 3.66. The van der Waals surface area contributed by atoms with E-state index in [1.54, 1.807) is 0 Å². The van der Waals surface area contributed by atoms with Crippen molar-refractivity contribution < 1.29 is 9.90 Å². The highest BCUT2D eigenvalue weighted by Gasteiger charge is 2.19. The minimum atomic E-state index is -0.768. The van der Waals surface area contributed by atoms with Gasteiger partial charge in [-0.3, -0.25) is 4.79 Å². The molecule has 1 N–H and O–H groups in total. The molecule has 0 saturated carbocycles. The number of benzene rings is 2. The van der Waals surface area contributed by atoms with E-state index in [1.807, 2.05) is 44.2 Å². The van der Waals surface area contributed by atoms with Gasteiger partial charge in [-0.2, -0.15) is 0 Å². The van der Waals surface area contributed by atoms with Crippen molar-refractivity contribution in [3.8, 4) is 0 Å². The molecule has 0 bridgehead atoms. The average molecular weight is 268 g/mol. The molecule has 0 heterocycles. The Kier molecular flexibility index (Phi) is 4.23. The van der Waals surface area contributed by atoms with Crippen LogP contribution in [0.25, 0.3) is 0 Å². The summed E-state index contributed by atoms with van der Waals surface area (Å²) >= 11 is 0. The van der Waals surface area contributed by atoms with Crippen molar-refractivity contribution in [1.82, 2.24) is 0 Å². The Morgan fingerprint density at radius 2 is 1.60 bits per heavy atom. The summed E-state index contributed by atoms with van der Waals surface area (Å²) < 4.78 is 0. The molecule has 0 aliphatic carbocycles. The molecule has 104 valence electrons. The number of hydrogen-bond donors (Lipinski definition) is 1. The molecule has 2 aromatic carbocycles. The molecule has 0 aliphatic rings. The molecule has 2 heteroatoms. The molecule has 0 saturated heterocycles.